The van der Waals surface area contributed by atoms with Crippen LogP contribution in [-0.2, 0) is 37.3 Å². The van der Waals surface area contributed by atoms with Crippen molar-refractivity contribution in [1.29, 1.82) is 0 Å². The summed E-state index contributed by atoms with van der Waals surface area (Å²) in [4.78, 5) is 6.43. The van der Waals surface area contributed by atoms with Gasteiger partial charge in [0.25, 0.3) is 0 Å². The molecule has 1 aromatic carbocycles. The zero-order chi connectivity index (χ0) is 22.6. The first-order valence-electron chi connectivity index (χ1n) is 10.6. The fourth-order valence-corrected chi connectivity index (χ4v) is 4.05. The van der Waals surface area contributed by atoms with E-state index in [4.69, 9.17) is 4.74 Å². The molecule has 1 saturated heterocycles. The van der Waals surface area contributed by atoms with E-state index in [1.807, 2.05) is 16.6 Å². The summed E-state index contributed by atoms with van der Waals surface area (Å²) >= 11 is 0. The number of aryl methyl sites for hydroxylation is 2. The third-order valence-corrected chi connectivity index (χ3v) is 5.61. The molecule has 0 saturated carbocycles. The van der Waals surface area contributed by atoms with Crippen molar-refractivity contribution in [3.05, 3.63) is 52.3 Å². The van der Waals surface area contributed by atoms with Crippen molar-refractivity contribution < 1.29 is 17.9 Å². The van der Waals surface area contributed by atoms with Crippen molar-refractivity contribution >= 4 is 5.96 Å². The van der Waals surface area contributed by atoms with Gasteiger partial charge < -0.3 is 15.0 Å². The first kappa shape index (κ1) is 23.1. The Morgan fingerprint density at radius 3 is 2.71 bits per heavy atom. The Morgan fingerprint density at radius 2 is 2.06 bits per heavy atom. The summed E-state index contributed by atoms with van der Waals surface area (Å²) < 4.78 is 47.0. The number of aliphatic imine (C=N–C) groups is 1. The maximum absolute atomic E-state index is 13.1. The molecule has 1 aromatic heterocycles. The predicted molar refractivity (Wildman–Crippen MR) is 114 cm³/mol. The SMILES string of the molecule is CCc1nn(C)c(CC)c1CNC(=NC)N1CCOC(c2cccc(C(F)(F)F)c2)C1. The summed E-state index contributed by atoms with van der Waals surface area (Å²) in [6.07, 6.45) is -3.10. The molecule has 9 heteroatoms. The molecular weight excluding hydrogens is 407 g/mol. The number of hydrogen-bond donors (Lipinski definition) is 1. The Hall–Kier alpha value is -2.55. The van der Waals surface area contributed by atoms with E-state index in [-0.39, 0.29) is 0 Å². The normalized spacial score (nSPS) is 17.8. The molecule has 6 nitrogen and oxygen atoms in total. The topological polar surface area (TPSA) is 54.7 Å². The number of nitrogens with one attached hydrogen (secondary N) is 1. The number of hydrogen-bond acceptors (Lipinski definition) is 3. The average molecular weight is 438 g/mol. The van der Waals surface area contributed by atoms with Gasteiger partial charge in [-0.3, -0.25) is 9.67 Å². The lowest BCUT2D eigenvalue weighted by molar-refractivity contribution is -0.137. The number of ether oxygens (including phenoxy) is 1. The number of rotatable bonds is 5. The van der Waals surface area contributed by atoms with E-state index in [9.17, 15) is 13.2 Å². The molecule has 1 fully saturated rings. The molecule has 0 bridgehead atoms. The molecule has 0 spiro atoms. The van der Waals surface area contributed by atoms with Gasteiger partial charge in [0.2, 0.25) is 0 Å². The Morgan fingerprint density at radius 1 is 1.29 bits per heavy atom. The zero-order valence-electron chi connectivity index (χ0n) is 18.5. The van der Waals surface area contributed by atoms with Gasteiger partial charge in [0.15, 0.2) is 5.96 Å². The van der Waals surface area contributed by atoms with Crippen LogP contribution < -0.4 is 5.32 Å². The summed E-state index contributed by atoms with van der Waals surface area (Å²) in [5.41, 5.74) is 3.28. The van der Waals surface area contributed by atoms with Gasteiger partial charge >= 0.3 is 6.18 Å². The van der Waals surface area contributed by atoms with Crippen LogP contribution in [-0.4, -0.2) is 47.4 Å². The Balaban J connectivity index is 1.72. The Bertz CT molecular complexity index is 922. The second-order valence-corrected chi connectivity index (χ2v) is 7.53. The van der Waals surface area contributed by atoms with Crippen LogP contribution in [0.25, 0.3) is 0 Å². The van der Waals surface area contributed by atoms with E-state index < -0.39 is 17.8 Å². The van der Waals surface area contributed by atoms with Crippen molar-refractivity contribution in [2.45, 2.75) is 45.5 Å². The molecule has 1 unspecified atom stereocenters. The van der Waals surface area contributed by atoms with Gasteiger partial charge in [0, 0.05) is 38.4 Å². The fourth-order valence-electron chi connectivity index (χ4n) is 4.05. The average Bonchev–Trinajstić information content (AvgIpc) is 3.08. The summed E-state index contributed by atoms with van der Waals surface area (Å²) in [6.45, 7) is 6.24. The molecule has 1 atom stereocenters. The minimum atomic E-state index is -4.38. The molecule has 1 N–H and O–H groups in total. The van der Waals surface area contributed by atoms with Crippen LogP contribution >= 0.6 is 0 Å². The Labute approximate surface area is 181 Å². The highest BCUT2D eigenvalue weighted by atomic mass is 19.4. The highest BCUT2D eigenvalue weighted by Crippen LogP contribution is 2.32. The number of aromatic nitrogens is 2. The standard InChI is InChI=1S/C22H30F3N5O/c1-5-18-17(19(6-2)29(4)28-18)13-27-21(26-3)30-10-11-31-20(14-30)15-8-7-9-16(12-15)22(23,24)25/h7-9,12,20H,5-6,10-11,13-14H2,1-4H3,(H,26,27). The van der Waals surface area contributed by atoms with E-state index >= 15 is 0 Å². The van der Waals surface area contributed by atoms with Gasteiger partial charge in [0.1, 0.15) is 6.10 Å². The zero-order valence-corrected chi connectivity index (χ0v) is 18.5. The maximum Gasteiger partial charge on any atom is 0.416 e. The monoisotopic (exact) mass is 437 g/mol. The minimum Gasteiger partial charge on any atom is -0.370 e. The fraction of sp³-hybridized carbons (Fsp3) is 0.545. The summed E-state index contributed by atoms with van der Waals surface area (Å²) in [7, 11) is 3.67. The van der Waals surface area contributed by atoms with Crippen LogP contribution in [0.5, 0.6) is 0 Å². The molecule has 2 heterocycles. The quantitative estimate of drug-likeness (QED) is 0.572. The van der Waals surface area contributed by atoms with E-state index in [0.717, 1.165) is 24.6 Å². The summed E-state index contributed by atoms with van der Waals surface area (Å²) in [5, 5.41) is 8.02. The van der Waals surface area contributed by atoms with E-state index in [1.54, 1.807) is 13.1 Å². The van der Waals surface area contributed by atoms with Crippen LogP contribution in [0.3, 0.4) is 0 Å². The number of guanidine groups is 1. The number of morpholine rings is 1. The lowest BCUT2D eigenvalue weighted by atomic mass is 10.0. The van der Waals surface area contributed by atoms with Crippen molar-refractivity contribution in [2.24, 2.45) is 12.0 Å². The van der Waals surface area contributed by atoms with E-state index in [0.29, 0.717) is 37.8 Å². The van der Waals surface area contributed by atoms with Crippen LogP contribution in [0, 0.1) is 0 Å². The predicted octanol–water partition coefficient (Wildman–Crippen LogP) is 3.71. The van der Waals surface area contributed by atoms with Crippen molar-refractivity contribution in [1.82, 2.24) is 20.0 Å². The number of nitrogens with zero attached hydrogens (tertiary/aromatic N) is 4. The molecule has 0 aliphatic carbocycles. The molecule has 170 valence electrons. The first-order valence-corrected chi connectivity index (χ1v) is 10.6. The molecule has 1 aliphatic rings. The third kappa shape index (κ3) is 5.20. The summed E-state index contributed by atoms with van der Waals surface area (Å²) in [5.74, 6) is 0.702. The van der Waals surface area contributed by atoms with E-state index in [1.165, 1.54) is 23.4 Å². The van der Waals surface area contributed by atoms with Gasteiger partial charge in [-0.1, -0.05) is 26.0 Å². The highest BCUT2D eigenvalue weighted by Gasteiger charge is 2.32. The number of benzene rings is 1. The van der Waals surface area contributed by atoms with Crippen LogP contribution in [0.4, 0.5) is 13.2 Å². The second kappa shape index (κ2) is 9.72. The number of alkyl halides is 3. The molecule has 0 amide bonds. The Kier molecular flexibility index (Phi) is 7.25. The van der Waals surface area contributed by atoms with Crippen molar-refractivity contribution in [3.63, 3.8) is 0 Å². The minimum absolute atomic E-state index is 0.412. The van der Waals surface area contributed by atoms with E-state index in [2.05, 4.69) is 29.3 Å². The van der Waals surface area contributed by atoms with Gasteiger partial charge in [-0.05, 0) is 30.5 Å². The number of halogens is 3. The van der Waals surface area contributed by atoms with Crippen molar-refractivity contribution in [3.8, 4) is 0 Å². The lowest BCUT2D eigenvalue weighted by Crippen LogP contribution is -2.48. The summed E-state index contributed by atoms with van der Waals surface area (Å²) in [6, 6.07) is 5.35. The molecule has 1 aliphatic heterocycles. The van der Waals surface area contributed by atoms with Crippen molar-refractivity contribution in [2.75, 3.05) is 26.7 Å². The van der Waals surface area contributed by atoms with Gasteiger partial charge in [-0.2, -0.15) is 18.3 Å². The van der Waals surface area contributed by atoms with Crippen LogP contribution in [0.15, 0.2) is 29.3 Å². The molecule has 2 aromatic rings. The third-order valence-electron chi connectivity index (χ3n) is 5.61. The largest absolute Gasteiger partial charge is 0.416 e. The van der Waals surface area contributed by atoms with Crippen LogP contribution in [0.1, 0.15) is 48.0 Å². The lowest BCUT2D eigenvalue weighted by Gasteiger charge is -2.35. The first-order chi connectivity index (χ1) is 14.8. The molecule has 3 rings (SSSR count). The van der Waals surface area contributed by atoms with Gasteiger partial charge in [0.05, 0.1) is 24.4 Å². The molecular formula is C22H30F3N5O. The highest BCUT2D eigenvalue weighted by molar-refractivity contribution is 5.80. The van der Waals surface area contributed by atoms with Gasteiger partial charge in [-0.25, -0.2) is 0 Å². The second-order valence-electron chi connectivity index (χ2n) is 7.53. The molecule has 0 radical (unpaired) electrons. The molecule has 31 heavy (non-hydrogen) atoms. The smallest absolute Gasteiger partial charge is 0.370 e. The van der Waals surface area contributed by atoms with Crippen LogP contribution in [0.2, 0.25) is 0 Å². The van der Waals surface area contributed by atoms with Gasteiger partial charge in [-0.15, -0.1) is 0 Å². The maximum atomic E-state index is 13.1.